The Morgan fingerprint density at radius 2 is 2.19 bits per heavy atom. The van der Waals surface area contributed by atoms with Gasteiger partial charge in [-0.05, 0) is 49.7 Å². The van der Waals surface area contributed by atoms with Crippen molar-refractivity contribution in [3.63, 3.8) is 0 Å². The number of hydrogen-bond acceptors (Lipinski definition) is 2. The highest BCUT2D eigenvalue weighted by molar-refractivity contribution is 7.80. The zero-order valence-electron chi connectivity index (χ0n) is 9.49. The quantitative estimate of drug-likeness (QED) is 0.773. The normalized spacial score (nSPS) is 16.1. The van der Waals surface area contributed by atoms with E-state index < -0.39 is 0 Å². The SMILES string of the molecule is Cc1ccnc(NC(=S)NC2CCCC2)c1. The Morgan fingerprint density at radius 3 is 2.88 bits per heavy atom. The lowest BCUT2D eigenvalue weighted by Crippen LogP contribution is -2.36. The third-order valence-electron chi connectivity index (χ3n) is 2.85. The number of hydrogen-bond donors (Lipinski definition) is 2. The minimum atomic E-state index is 0.546. The van der Waals surface area contributed by atoms with Gasteiger partial charge in [-0.2, -0.15) is 0 Å². The minimum Gasteiger partial charge on any atom is -0.360 e. The smallest absolute Gasteiger partial charge is 0.172 e. The van der Waals surface area contributed by atoms with Gasteiger partial charge in [0, 0.05) is 12.2 Å². The lowest BCUT2D eigenvalue weighted by molar-refractivity contribution is 0.634. The van der Waals surface area contributed by atoms with E-state index in [0.29, 0.717) is 11.2 Å². The molecule has 0 unspecified atom stereocenters. The standard InChI is InChI=1S/C12H17N3S/c1-9-6-7-13-11(8-9)15-12(16)14-10-4-2-3-5-10/h6-8,10H,2-5H2,1H3,(H2,13,14,15,16). The lowest BCUT2D eigenvalue weighted by Gasteiger charge is -2.15. The van der Waals surface area contributed by atoms with Gasteiger partial charge in [-0.15, -0.1) is 0 Å². The van der Waals surface area contributed by atoms with Gasteiger partial charge in [0.05, 0.1) is 0 Å². The van der Waals surface area contributed by atoms with Crippen LogP contribution in [0.3, 0.4) is 0 Å². The van der Waals surface area contributed by atoms with Gasteiger partial charge in [0.25, 0.3) is 0 Å². The summed E-state index contributed by atoms with van der Waals surface area (Å²) < 4.78 is 0. The summed E-state index contributed by atoms with van der Waals surface area (Å²) in [5, 5.41) is 7.13. The van der Waals surface area contributed by atoms with Crippen molar-refractivity contribution in [1.82, 2.24) is 10.3 Å². The second-order valence-electron chi connectivity index (χ2n) is 4.30. The zero-order valence-corrected chi connectivity index (χ0v) is 10.3. The van der Waals surface area contributed by atoms with Crippen LogP contribution in [0.5, 0.6) is 0 Å². The molecule has 2 N–H and O–H groups in total. The molecule has 0 aromatic carbocycles. The van der Waals surface area contributed by atoms with Crippen LogP contribution in [0.1, 0.15) is 31.2 Å². The van der Waals surface area contributed by atoms with E-state index in [4.69, 9.17) is 12.2 Å². The maximum Gasteiger partial charge on any atom is 0.172 e. The minimum absolute atomic E-state index is 0.546. The molecule has 0 saturated heterocycles. The predicted octanol–water partition coefficient (Wildman–Crippen LogP) is 2.62. The molecule has 0 atom stereocenters. The highest BCUT2D eigenvalue weighted by Gasteiger charge is 2.15. The van der Waals surface area contributed by atoms with Crippen molar-refractivity contribution in [2.75, 3.05) is 5.32 Å². The van der Waals surface area contributed by atoms with E-state index in [9.17, 15) is 0 Å². The van der Waals surface area contributed by atoms with Crippen LogP contribution in [-0.2, 0) is 0 Å². The summed E-state index contributed by atoms with van der Waals surface area (Å²) in [6, 6.07) is 4.51. The Kier molecular flexibility index (Phi) is 3.72. The number of aryl methyl sites for hydroxylation is 1. The van der Waals surface area contributed by atoms with Crippen LogP contribution in [0.4, 0.5) is 5.82 Å². The molecule has 4 heteroatoms. The summed E-state index contributed by atoms with van der Waals surface area (Å²) in [6.45, 7) is 2.04. The molecule has 1 heterocycles. The van der Waals surface area contributed by atoms with E-state index in [1.54, 1.807) is 6.20 Å². The fourth-order valence-electron chi connectivity index (χ4n) is 2.01. The topological polar surface area (TPSA) is 37.0 Å². The molecule has 0 aliphatic heterocycles. The van der Waals surface area contributed by atoms with Gasteiger partial charge >= 0.3 is 0 Å². The first-order valence-corrected chi connectivity index (χ1v) is 6.15. The highest BCUT2D eigenvalue weighted by atomic mass is 32.1. The summed E-state index contributed by atoms with van der Waals surface area (Å²) in [5.41, 5.74) is 1.18. The van der Waals surface area contributed by atoms with Crippen LogP contribution in [0.2, 0.25) is 0 Å². The van der Waals surface area contributed by atoms with Crippen molar-refractivity contribution in [1.29, 1.82) is 0 Å². The summed E-state index contributed by atoms with van der Waals surface area (Å²) in [5.74, 6) is 0.815. The molecule has 1 aromatic heterocycles. The molecule has 1 saturated carbocycles. The number of pyridine rings is 1. The highest BCUT2D eigenvalue weighted by Crippen LogP contribution is 2.17. The fourth-order valence-corrected chi connectivity index (χ4v) is 2.28. The second kappa shape index (κ2) is 5.25. The third kappa shape index (κ3) is 3.17. The molecule has 0 spiro atoms. The van der Waals surface area contributed by atoms with Crippen molar-refractivity contribution in [2.45, 2.75) is 38.6 Å². The first kappa shape index (κ1) is 11.3. The van der Waals surface area contributed by atoms with Crippen molar-refractivity contribution < 1.29 is 0 Å². The Labute approximate surface area is 102 Å². The third-order valence-corrected chi connectivity index (χ3v) is 3.07. The number of nitrogens with zero attached hydrogens (tertiary/aromatic N) is 1. The van der Waals surface area contributed by atoms with Crippen molar-refractivity contribution >= 4 is 23.1 Å². The molecule has 86 valence electrons. The van der Waals surface area contributed by atoms with Gasteiger partial charge in [-0.3, -0.25) is 0 Å². The maximum absolute atomic E-state index is 5.25. The predicted molar refractivity (Wildman–Crippen MR) is 70.6 cm³/mol. The molecule has 0 radical (unpaired) electrons. The van der Waals surface area contributed by atoms with Gasteiger partial charge < -0.3 is 10.6 Å². The van der Waals surface area contributed by atoms with E-state index in [1.807, 2.05) is 19.1 Å². The van der Waals surface area contributed by atoms with Gasteiger partial charge in [-0.1, -0.05) is 12.8 Å². The monoisotopic (exact) mass is 235 g/mol. The van der Waals surface area contributed by atoms with Crippen LogP contribution >= 0.6 is 12.2 Å². The van der Waals surface area contributed by atoms with Crippen LogP contribution < -0.4 is 10.6 Å². The molecule has 1 fully saturated rings. The summed E-state index contributed by atoms with van der Waals surface area (Å²) in [6.07, 6.45) is 6.86. The Hall–Kier alpha value is -1.16. The Morgan fingerprint density at radius 1 is 1.44 bits per heavy atom. The van der Waals surface area contributed by atoms with Gasteiger partial charge in [0.15, 0.2) is 5.11 Å². The second-order valence-corrected chi connectivity index (χ2v) is 4.71. The molecular formula is C12H17N3S. The van der Waals surface area contributed by atoms with Crippen molar-refractivity contribution in [3.05, 3.63) is 23.9 Å². The average molecular weight is 235 g/mol. The van der Waals surface area contributed by atoms with Crippen LogP contribution in [0.25, 0.3) is 0 Å². The Bertz CT molecular complexity index is 372. The van der Waals surface area contributed by atoms with E-state index in [-0.39, 0.29) is 0 Å². The van der Waals surface area contributed by atoms with Gasteiger partial charge in [-0.25, -0.2) is 4.98 Å². The van der Waals surface area contributed by atoms with Gasteiger partial charge in [0.2, 0.25) is 0 Å². The largest absolute Gasteiger partial charge is 0.360 e. The first-order chi connectivity index (χ1) is 7.74. The van der Waals surface area contributed by atoms with Gasteiger partial charge in [0.1, 0.15) is 5.82 Å². The van der Waals surface area contributed by atoms with E-state index in [1.165, 1.54) is 31.2 Å². The van der Waals surface area contributed by atoms with Crippen molar-refractivity contribution in [3.8, 4) is 0 Å². The first-order valence-electron chi connectivity index (χ1n) is 5.74. The number of nitrogens with one attached hydrogen (secondary N) is 2. The van der Waals surface area contributed by atoms with E-state index in [2.05, 4.69) is 15.6 Å². The summed E-state index contributed by atoms with van der Waals surface area (Å²) in [7, 11) is 0. The molecule has 3 nitrogen and oxygen atoms in total. The maximum atomic E-state index is 5.25. The molecular weight excluding hydrogens is 218 g/mol. The molecule has 16 heavy (non-hydrogen) atoms. The number of anilines is 1. The molecule has 2 rings (SSSR count). The fraction of sp³-hybridized carbons (Fsp3) is 0.500. The van der Waals surface area contributed by atoms with E-state index in [0.717, 1.165) is 5.82 Å². The van der Waals surface area contributed by atoms with Crippen molar-refractivity contribution in [2.24, 2.45) is 0 Å². The zero-order chi connectivity index (χ0) is 11.4. The molecule has 1 aromatic rings. The van der Waals surface area contributed by atoms with Crippen LogP contribution in [0.15, 0.2) is 18.3 Å². The Balaban J connectivity index is 1.86. The summed E-state index contributed by atoms with van der Waals surface area (Å²) >= 11 is 5.25. The number of aromatic nitrogens is 1. The lowest BCUT2D eigenvalue weighted by atomic mass is 10.2. The van der Waals surface area contributed by atoms with Crippen LogP contribution in [-0.4, -0.2) is 16.1 Å². The molecule has 1 aliphatic rings. The number of rotatable bonds is 2. The summed E-state index contributed by atoms with van der Waals surface area (Å²) in [4.78, 5) is 4.22. The molecule has 0 bridgehead atoms. The molecule has 0 amide bonds. The average Bonchev–Trinajstić information content (AvgIpc) is 2.70. The number of thiocarbonyl (C=S) groups is 1. The molecule has 1 aliphatic carbocycles. The van der Waals surface area contributed by atoms with Crippen LogP contribution in [0, 0.1) is 6.92 Å². The van der Waals surface area contributed by atoms with E-state index >= 15 is 0 Å².